The summed E-state index contributed by atoms with van der Waals surface area (Å²) >= 11 is 0. The standard InChI is InChI=1S/C52H28N6O3/c1-5-13-43-31(9-1)37-25-49-39(33-11-3-7-15-47(33)59-49)23-45(37)57(43)29-17-21-41(53-27-29)35-19-20-36(52-51(35)55-61-56-52)42-22-18-30(28-54-42)58-44-14-6-2-10-32(44)38-26-50-40(24-46(38)58)34-12-4-8-16-48(34)60-50/h1-28H. The summed E-state index contributed by atoms with van der Waals surface area (Å²) in [7, 11) is 0. The van der Waals surface area contributed by atoms with E-state index in [0.717, 1.165) is 121 Å². The van der Waals surface area contributed by atoms with Crippen LogP contribution in [0.3, 0.4) is 0 Å². The molecule has 7 heterocycles. The normalized spacial score (nSPS) is 12.3. The van der Waals surface area contributed by atoms with E-state index in [4.69, 9.17) is 23.4 Å². The van der Waals surface area contributed by atoms with Gasteiger partial charge in [0.25, 0.3) is 0 Å². The van der Waals surface area contributed by atoms with Crippen molar-refractivity contribution in [1.29, 1.82) is 0 Å². The van der Waals surface area contributed by atoms with Gasteiger partial charge in [-0.1, -0.05) is 72.8 Å². The highest BCUT2D eigenvalue weighted by Gasteiger charge is 2.21. The summed E-state index contributed by atoms with van der Waals surface area (Å²) in [6.45, 7) is 0. The Bertz CT molecular complexity index is 3850. The van der Waals surface area contributed by atoms with Gasteiger partial charge in [0, 0.05) is 54.2 Å². The Morgan fingerprint density at radius 1 is 0.344 bits per heavy atom. The van der Waals surface area contributed by atoms with Crippen LogP contribution in [-0.2, 0) is 0 Å². The van der Waals surface area contributed by atoms with E-state index in [1.54, 1.807) is 0 Å². The lowest BCUT2D eigenvalue weighted by atomic mass is 10.0. The third-order valence-electron chi connectivity index (χ3n) is 12.3. The molecule has 9 heteroatoms. The van der Waals surface area contributed by atoms with E-state index in [0.29, 0.717) is 11.0 Å². The summed E-state index contributed by atoms with van der Waals surface area (Å²) < 4.78 is 22.5. The number of benzene rings is 7. The van der Waals surface area contributed by atoms with Crippen molar-refractivity contribution in [2.45, 2.75) is 0 Å². The van der Waals surface area contributed by atoms with Gasteiger partial charge in [-0.25, -0.2) is 4.63 Å². The first-order valence-electron chi connectivity index (χ1n) is 20.1. The molecule has 7 aromatic carbocycles. The molecule has 0 radical (unpaired) electrons. The van der Waals surface area contributed by atoms with Crippen molar-refractivity contribution in [3.63, 3.8) is 0 Å². The molecule has 0 aliphatic heterocycles. The van der Waals surface area contributed by atoms with E-state index in [9.17, 15) is 0 Å². The minimum Gasteiger partial charge on any atom is -0.456 e. The molecule has 0 aliphatic carbocycles. The lowest BCUT2D eigenvalue weighted by molar-refractivity contribution is 0.315. The average Bonchev–Trinajstić information content (AvgIpc) is 4.14. The maximum absolute atomic E-state index is 6.28. The van der Waals surface area contributed by atoms with Gasteiger partial charge < -0.3 is 18.0 Å². The predicted octanol–water partition coefficient (Wildman–Crippen LogP) is 13.3. The third kappa shape index (κ3) is 4.54. The minimum atomic E-state index is 0.619. The zero-order valence-electron chi connectivity index (χ0n) is 32.1. The maximum Gasteiger partial charge on any atom is 0.145 e. The largest absolute Gasteiger partial charge is 0.456 e. The molecule has 0 atom stereocenters. The van der Waals surface area contributed by atoms with E-state index in [2.05, 4.69) is 117 Å². The lowest BCUT2D eigenvalue weighted by Gasteiger charge is -2.10. The van der Waals surface area contributed by atoms with Crippen LogP contribution < -0.4 is 0 Å². The minimum absolute atomic E-state index is 0.619. The molecule has 0 fully saturated rings. The fourth-order valence-corrected chi connectivity index (χ4v) is 9.57. The number of para-hydroxylation sites is 4. The van der Waals surface area contributed by atoms with Crippen LogP contribution in [0.25, 0.3) is 132 Å². The van der Waals surface area contributed by atoms with Gasteiger partial charge in [0.1, 0.15) is 33.4 Å². The van der Waals surface area contributed by atoms with Crippen molar-refractivity contribution in [1.82, 2.24) is 29.4 Å². The summed E-state index contributed by atoms with van der Waals surface area (Å²) in [6, 6.07) is 54.4. The first-order valence-corrected chi connectivity index (χ1v) is 20.1. The topological polar surface area (TPSA) is 101 Å². The summed E-state index contributed by atoms with van der Waals surface area (Å²) in [5.74, 6) is 0. The van der Waals surface area contributed by atoms with Crippen LogP contribution in [0.15, 0.2) is 184 Å². The van der Waals surface area contributed by atoms with Crippen LogP contribution in [0, 0.1) is 0 Å². The third-order valence-corrected chi connectivity index (χ3v) is 12.3. The Labute approximate surface area is 344 Å². The monoisotopic (exact) mass is 784 g/mol. The van der Waals surface area contributed by atoms with E-state index < -0.39 is 0 Å². The number of hydrogen-bond acceptors (Lipinski definition) is 7. The average molecular weight is 785 g/mol. The van der Waals surface area contributed by atoms with Crippen LogP contribution in [0.1, 0.15) is 0 Å². The van der Waals surface area contributed by atoms with Crippen molar-refractivity contribution >= 4 is 98.5 Å². The number of rotatable bonds is 4. The highest BCUT2D eigenvalue weighted by molar-refractivity contribution is 6.18. The van der Waals surface area contributed by atoms with Crippen molar-refractivity contribution in [2.24, 2.45) is 0 Å². The predicted molar refractivity (Wildman–Crippen MR) is 241 cm³/mol. The molecule has 61 heavy (non-hydrogen) atoms. The van der Waals surface area contributed by atoms with Crippen LogP contribution >= 0.6 is 0 Å². The molecule has 14 rings (SSSR count). The number of pyridine rings is 2. The number of aromatic nitrogens is 6. The number of fused-ring (bicyclic) bond motifs is 13. The Morgan fingerprint density at radius 3 is 1.25 bits per heavy atom. The zero-order valence-corrected chi connectivity index (χ0v) is 32.1. The fourth-order valence-electron chi connectivity index (χ4n) is 9.57. The molecule has 0 unspecified atom stereocenters. The van der Waals surface area contributed by atoms with Crippen molar-refractivity contribution in [3.05, 3.63) is 170 Å². The van der Waals surface area contributed by atoms with E-state index in [-0.39, 0.29) is 0 Å². The Kier molecular flexibility index (Phi) is 6.37. The second kappa shape index (κ2) is 12.0. The SMILES string of the molecule is c1ccc2c(c1)oc1cc3c4ccccc4n(-c4ccc(-c5ccc(-c6ccc(-n7c8ccccc8c8cc9oc%10ccccc%10c9cc87)cn6)c6nonc56)nc4)c3cc12. The first kappa shape index (κ1) is 32.4. The number of nitrogens with zero attached hydrogens (tertiary/aromatic N) is 6. The summed E-state index contributed by atoms with van der Waals surface area (Å²) in [6.07, 6.45) is 3.84. The molecule has 284 valence electrons. The molecule has 0 bridgehead atoms. The van der Waals surface area contributed by atoms with Gasteiger partial charge in [-0.15, -0.1) is 0 Å². The second-order valence-electron chi connectivity index (χ2n) is 15.6. The second-order valence-corrected chi connectivity index (χ2v) is 15.6. The zero-order chi connectivity index (χ0) is 39.8. The molecule has 0 aliphatic rings. The smallest absolute Gasteiger partial charge is 0.145 e. The molecular weight excluding hydrogens is 757 g/mol. The molecule has 0 spiro atoms. The van der Waals surface area contributed by atoms with Crippen molar-refractivity contribution < 1.29 is 13.5 Å². The van der Waals surface area contributed by atoms with Crippen molar-refractivity contribution in [3.8, 4) is 33.9 Å². The number of hydrogen-bond donors (Lipinski definition) is 0. The van der Waals surface area contributed by atoms with Gasteiger partial charge in [0.05, 0.1) is 57.2 Å². The molecule has 7 aromatic heterocycles. The summed E-state index contributed by atoms with van der Waals surface area (Å²) in [5, 5.41) is 17.6. The van der Waals surface area contributed by atoms with Crippen LogP contribution in [-0.4, -0.2) is 29.4 Å². The molecule has 0 N–H and O–H groups in total. The van der Waals surface area contributed by atoms with Crippen LogP contribution in [0.2, 0.25) is 0 Å². The lowest BCUT2D eigenvalue weighted by Crippen LogP contribution is -1.97. The Balaban J connectivity index is 0.847. The maximum atomic E-state index is 6.28. The van der Waals surface area contributed by atoms with Crippen LogP contribution in [0.5, 0.6) is 0 Å². The van der Waals surface area contributed by atoms with E-state index >= 15 is 0 Å². The summed E-state index contributed by atoms with van der Waals surface area (Å²) in [4.78, 5) is 10.0. The first-order chi connectivity index (χ1) is 30.2. The molecular formula is C52H28N6O3. The number of furan rings is 2. The van der Waals surface area contributed by atoms with Gasteiger partial charge in [-0.3, -0.25) is 9.97 Å². The molecule has 14 aromatic rings. The van der Waals surface area contributed by atoms with Gasteiger partial charge in [-0.05, 0) is 95.2 Å². The van der Waals surface area contributed by atoms with Gasteiger partial charge >= 0.3 is 0 Å². The van der Waals surface area contributed by atoms with Crippen LogP contribution in [0.4, 0.5) is 0 Å². The van der Waals surface area contributed by atoms with E-state index in [1.807, 2.05) is 73.1 Å². The van der Waals surface area contributed by atoms with Crippen molar-refractivity contribution in [2.75, 3.05) is 0 Å². The van der Waals surface area contributed by atoms with Gasteiger partial charge in [0.15, 0.2) is 0 Å². The Hall–Kier alpha value is -8.56. The van der Waals surface area contributed by atoms with Gasteiger partial charge in [-0.2, -0.15) is 0 Å². The molecule has 0 saturated heterocycles. The quantitative estimate of drug-likeness (QED) is 0.175. The Morgan fingerprint density at radius 2 is 0.787 bits per heavy atom. The highest BCUT2D eigenvalue weighted by atomic mass is 16.6. The van der Waals surface area contributed by atoms with E-state index in [1.165, 1.54) is 0 Å². The molecule has 9 nitrogen and oxygen atoms in total. The highest BCUT2D eigenvalue weighted by Crippen LogP contribution is 2.41. The van der Waals surface area contributed by atoms with Gasteiger partial charge in [0.2, 0.25) is 0 Å². The molecule has 0 saturated carbocycles. The molecule has 0 amide bonds. The summed E-state index contributed by atoms with van der Waals surface area (Å²) in [5.41, 5.74) is 14.2. The fraction of sp³-hybridized carbons (Fsp3) is 0.